The van der Waals surface area contributed by atoms with Crippen molar-refractivity contribution in [1.82, 2.24) is 9.55 Å². The topological polar surface area (TPSA) is 17.8 Å². The van der Waals surface area contributed by atoms with Gasteiger partial charge in [-0.2, -0.15) is 0 Å². The van der Waals surface area contributed by atoms with Crippen LogP contribution in [0.25, 0.3) is 16.6 Å². The predicted octanol–water partition coefficient (Wildman–Crippen LogP) is 3.54. The fourth-order valence-corrected chi connectivity index (χ4v) is 2.07. The lowest BCUT2D eigenvalue weighted by Gasteiger charge is -2.06. The maximum atomic E-state index is 13.2. The third kappa shape index (κ3) is 1.35. The minimum absolute atomic E-state index is 0.206. The largest absolute Gasteiger partial charge is 0.321 e. The van der Waals surface area contributed by atoms with E-state index in [4.69, 9.17) is 0 Å². The summed E-state index contributed by atoms with van der Waals surface area (Å²) >= 11 is 0. The summed E-state index contributed by atoms with van der Waals surface area (Å²) in [6.07, 6.45) is 2.31. The van der Waals surface area contributed by atoms with Crippen LogP contribution >= 0.6 is 0 Å². The highest BCUT2D eigenvalue weighted by molar-refractivity contribution is 5.79. The Morgan fingerprint density at radius 1 is 1.50 bits per heavy atom. The molecular formula is C13H13FN2. The molecule has 0 N–H and O–H groups in total. The van der Waals surface area contributed by atoms with Gasteiger partial charge in [0, 0.05) is 6.04 Å². The van der Waals surface area contributed by atoms with E-state index in [1.165, 1.54) is 6.07 Å². The van der Waals surface area contributed by atoms with Gasteiger partial charge in [0.15, 0.2) is 0 Å². The van der Waals surface area contributed by atoms with Crippen LogP contribution < -0.4 is 0 Å². The second-order valence-electron chi connectivity index (χ2n) is 4.45. The third-order valence-electron chi connectivity index (χ3n) is 2.95. The average molecular weight is 216 g/mol. The van der Waals surface area contributed by atoms with Gasteiger partial charge in [0.25, 0.3) is 0 Å². The normalized spacial score (nSPS) is 15.6. The smallest absolute Gasteiger partial charge is 0.136 e. The maximum absolute atomic E-state index is 13.2. The summed E-state index contributed by atoms with van der Waals surface area (Å²) in [6, 6.07) is 5.23. The zero-order valence-corrected chi connectivity index (χ0v) is 9.20. The molecule has 0 amide bonds. The Bertz CT molecular complexity index is 579. The molecule has 0 radical (unpaired) electrons. The highest BCUT2D eigenvalue weighted by atomic mass is 19.1. The van der Waals surface area contributed by atoms with Crippen LogP contribution in [0.2, 0.25) is 0 Å². The lowest BCUT2D eigenvalue weighted by molar-refractivity contribution is 0.628. The molecule has 1 fully saturated rings. The lowest BCUT2D eigenvalue weighted by atomic mass is 10.3. The van der Waals surface area contributed by atoms with E-state index < -0.39 is 0 Å². The Balaban J connectivity index is 2.33. The molecule has 0 atom stereocenters. The first kappa shape index (κ1) is 9.58. The van der Waals surface area contributed by atoms with E-state index in [1.807, 2.05) is 6.92 Å². The third-order valence-corrected chi connectivity index (χ3v) is 2.95. The molecule has 0 spiro atoms. The van der Waals surface area contributed by atoms with Gasteiger partial charge in [-0.1, -0.05) is 6.58 Å². The number of hydrogen-bond acceptors (Lipinski definition) is 1. The molecule has 3 rings (SSSR count). The number of allylic oxidation sites excluding steroid dienone is 1. The second-order valence-corrected chi connectivity index (χ2v) is 4.45. The van der Waals surface area contributed by atoms with Crippen molar-refractivity contribution in [3.05, 3.63) is 36.4 Å². The number of aromatic nitrogens is 2. The summed E-state index contributed by atoms with van der Waals surface area (Å²) in [5.74, 6) is 0.686. The van der Waals surface area contributed by atoms with Gasteiger partial charge in [-0.3, -0.25) is 0 Å². The van der Waals surface area contributed by atoms with Crippen LogP contribution in [0.1, 0.15) is 31.6 Å². The number of hydrogen-bond donors (Lipinski definition) is 0. The predicted molar refractivity (Wildman–Crippen MR) is 62.7 cm³/mol. The van der Waals surface area contributed by atoms with Crippen LogP contribution in [-0.2, 0) is 0 Å². The van der Waals surface area contributed by atoms with Crippen LogP contribution in [0.4, 0.5) is 4.39 Å². The number of benzene rings is 1. The maximum Gasteiger partial charge on any atom is 0.136 e. The van der Waals surface area contributed by atoms with Crippen molar-refractivity contribution >= 4 is 16.6 Å². The molecule has 2 nitrogen and oxygen atoms in total. The SMILES string of the molecule is C=C(C)c1nc2ccc(F)cc2n1C1CC1. The van der Waals surface area contributed by atoms with Gasteiger partial charge < -0.3 is 4.57 Å². The van der Waals surface area contributed by atoms with Crippen molar-refractivity contribution in [2.24, 2.45) is 0 Å². The van der Waals surface area contributed by atoms with Crippen LogP contribution in [0.5, 0.6) is 0 Å². The molecule has 1 aliphatic rings. The average Bonchev–Trinajstić information content (AvgIpc) is 2.99. The highest BCUT2D eigenvalue weighted by Crippen LogP contribution is 2.39. The van der Waals surface area contributed by atoms with Crippen molar-refractivity contribution in [3.8, 4) is 0 Å². The van der Waals surface area contributed by atoms with E-state index in [0.717, 1.165) is 35.3 Å². The number of nitrogens with zero attached hydrogens (tertiary/aromatic N) is 2. The molecule has 82 valence electrons. The molecule has 0 bridgehead atoms. The first-order valence-electron chi connectivity index (χ1n) is 5.50. The minimum atomic E-state index is -0.206. The Kier molecular flexibility index (Phi) is 1.90. The van der Waals surface area contributed by atoms with Crippen LogP contribution in [-0.4, -0.2) is 9.55 Å². The number of rotatable bonds is 2. The van der Waals surface area contributed by atoms with Crippen molar-refractivity contribution < 1.29 is 4.39 Å². The highest BCUT2D eigenvalue weighted by Gasteiger charge is 2.28. The zero-order chi connectivity index (χ0) is 11.3. The molecule has 3 heteroatoms. The monoisotopic (exact) mass is 216 g/mol. The number of fused-ring (bicyclic) bond motifs is 1. The molecule has 16 heavy (non-hydrogen) atoms. The summed E-state index contributed by atoms with van der Waals surface area (Å²) in [6.45, 7) is 5.88. The van der Waals surface area contributed by atoms with E-state index in [2.05, 4.69) is 16.1 Å². The van der Waals surface area contributed by atoms with Gasteiger partial charge in [-0.25, -0.2) is 9.37 Å². The first-order chi connectivity index (χ1) is 7.66. The molecule has 0 unspecified atom stereocenters. The second kappa shape index (κ2) is 3.17. The molecule has 1 saturated carbocycles. The molecule has 1 aromatic heterocycles. The van der Waals surface area contributed by atoms with E-state index in [9.17, 15) is 4.39 Å². The quantitative estimate of drug-likeness (QED) is 0.750. The van der Waals surface area contributed by atoms with Crippen LogP contribution in [0.3, 0.4) is 0 Å². The first-order valence-corrected chi connectivity index (χ1v) is 5.50. The lowest BCUT2D eigenvalue weighted by Crippen LogP contribution is -1.99. The summed E-state index contributed by atoms with van der Waals surface area (Å²) < 4.78 is 15.4. The van der Waals surface area contributed by atoms with Gasteiger partial charge in [0.05, 0.1) is 11.0 Å². The molecular weight excluding hydrogens is 203 g/mol. The Hall–Kier alpha value is -1.64. The van der Waals surface area contributed by atoms with Crippen LogP contribution in [0.15, 0.2) is 24.8 Å². The molecule has 0 aliphatic heterocycles. The fraction of sp³-hybridized carbons (Fsp3) is 0.308. The van der Waals surface area contributed by atoms with E-state index in [-0.39, 0.29) is 5.82 Å². The van der Waals surface area contributed by atoms with Gasteiger partial charge in [-0.15, -0.1) is 0 Å². The summed E-state index contributed by atoms with van der Waals surface area (Å²) in [4.78, 5) is 4.51. The van der Waals surface area contributed by atoms with E-state index in [1.54, 1.807) is 12.1 Å². The van der Waals surface area contributed by atoms with Crippen molar-refractivity contribution in [3.63, 3.8) is 0 Å². The fourth-order valence-electron chi connectivity index (χ4n) is 2.07. The number of halogens is 1. The van der Waals surface area contributed by atoms with E-state index in [0.29, 0.717) is 6.04 Å². The van der Waals surface area contributed by atoms with Gasteiger partial charge >= 0.3 is 0 Å². The van der Waals surface area contributed by atoms with Gasteiger partial charge in [0.2, 0.25) is 0 Å². The molecule has 2 aromatic rings. The minimum Gasteiger partial charge on any atom is -0.321 e. The van der Waals surface area contributed by atoms with Crippen molar-refractivity contribution in [2.45, 2.75) is 25.8 Å². The zero-order valence-electron chi connectivity index (χ0n) is 9.20. The van der Waals surface area contributed by atoms with Gasteiger partial charge in [0.1, 0.15) is 11.6 Å². The van der Waals surface area contributed by atoms with E-state index >= 15 is 0 Å². The summed E-state index contributed by atoms with van der Waals surface area (Å²) in [5.41, 5.74) is 2.68. The molecule has 1 heterocycles. The molecule has 1 aromatic carbocycles. The van der Waals surface area contributed by atoms with Crippen molar-refractivity contribution in [2.75, 3.05) is 0 Å². The Morgan fingerprint density at radius 3 is 2.88 bits per heavy atom. The Morgan fingerprint density at radius 2 is 2.25 bits per heavy atom. The Labute approximate surface area is 93.4 Å². The standard InChI is InChI=1S/C13H13FN2/c1-8(2)13-15-11-6-3-9(14)7-12(11)16(13)10-4-5-10/h3,6-7,10H,1,4-5H2,2H3. The summed E-state index contributed by atoms with van der Waals surface area (Å²) in [5, 5.41) is 0. The van der Waals surface area contributed by atoms with Crippen molar-refractivity contribution in [1.29, 1.82) is 0 Å². The number of imidazole rings is 1. The van der Waals surface area contributed by atoms with Crippen LogP contribution in [0, 0.1) is 5.82 Å². The molecule has 0 saturated heterocycles. The summed E-state index contributed by atoms with van der Waals surface area (Å²) in [7, 11) is 0. The molecule has 1 aliphatic carbocycles. The van der Waals surface area contributed by atoms with Gasteiger partial charge in [-0.05, 0) is 43.5 Å².